The molecule has 0 saturated carbocycles. The molecule has 5 N–H and O–H groups in total. The number of benzene rings is 3. The van der Waals surface area contributed by atoms with E-state index in [1.165, 1.54) is 24.3 Å². The topological polar surface area (TPSA) is 105 Å². The lowest BCUT2D eigenvalue weighted by atomic mass is 10.1. The summed E-state index contributed by atoms with van der Waals surface area (Å²) in [4.78, 5) is 11.5. The van der Waals surface area contributed by atoms with E-state index in [1.807, 2.05) is 30.3 Å². The fraction of sp³-hybridized carbons (Fsp3) is 0.208. The van der Waals surface area contributed by atoms with Crippen LogP contribution < -0.4 is 11.1 Å². The van der Waals surface area contributed by atoms with Crippen LogP contribution in [0.4, 0.5) is 13.6 Å². The maximum atomic E-state index is 13.1. The van der Waals surface area contributed by atoms with Gasteiger partial charge >= 0.3 is 6.09 Å². The van der Waals surface area contributed by atoms with Crippen molar-refractivity contribution in [2.24, 2.45) is 5.73 Å². The van der Waals surface area contributed by atoms with Gasteiger partial charge in [0.1, 0.15) is 6.61 Å². The number of carbonyl (C=O) groups is 1. The maximum Gasteiger partial charge on any atom is 0.407 e. The van der Waals surface area contributed by atoms with Gasteiger partial charge in [-0.05, 0) is 60.3 Å². The van der Waals surface area contributed by atoms with Crippen LogP contribution in [-0.4, -0.2) is 29.4 Å². The Kier molecular flexibility index (Phi) is 9.93. The second-order valence-corrected chi connectivity index (χ2v) is 6.85. The summed E-state index contributed by atoms with van der Waals surface area (Å²) in [6.07, 6.45) is 0.576. The Hall–Kier alpha value is -3.65. The molecule has 0 unspecified atom stereocenters. The van der Waals surface area contributed by atoms with Crippen molar-refractivity contribution in [2.45, 2.75) is 19.4 Å². The van der Waals surface area contributed by atoms with Crippen LogP contribution in [-0.2, 0) is 24.2 Å². The third-order valence-electron chi connectivity index (χ3n) is 4.35. The highest BCUT2D eigenvalue weighted by atomic mass is 19.1. The molecule has 0 spiro atoms. The molecule has 0 aliphatic carbocycles. The largest absolute Gasteiger partial charge is 0.505 e. The molecule has 0 atom stereocenters. The standard InChI is InChI=1S/C16H16FNO3.C8H10FNO/c17-14-10-12(6-7-15(14)19)8-9-18-16(20)21-11-13-4-2-1-3-5-13;9-7-5-6(3-4-10)1-2-8(7)11/h1-7,10,19H,8-9,11H2,(H,18,20);1-2,5,11H,3-4,10H2. The van der Waals surface area contributed by atoms with Gasteiger partial charge in [-0.25, -0.2) is 13.6 Å². The molecule has 32 heavy (non-hydrogen) atoms. The quantitative estimate of drug-likeness (QED) is 0.440. The highest BCUT2D eigenvalue weighted by Gasteiger charge is 2.04. The van der Waals surface area contributed by atoms with E-state index < -0.39 is 17.7 Å². The summed E-state index contributed by atoms with van der Waals surface area (Å²) in [6, 6.07) is 17.8. The number of alkyl carbamates (subject to hydrolysis) is 1. The Balaban J connectivity index is 0.000000278. The van der Waals surface area contributed by atoms with Gasteiger partial charge in [0.05, 0.1) is 0 Å². The molecule has 3 rings (SSSR count). The van der Waals surface area contributed by atoms with Crippen LogP contribution in [0.5, 0.6) is 11.5 Å². The molecule has 0 saturated heterocycles. The molecule has 0 bridgehead atoms. The first-order chi connectivity index (χ1) is 15.4. The van der Waals surface area contributed by atoms with Crippen LogP contribution >= 0.6 is 0 Å². The lowest BCUT2D eigenvalue weighted by Gasteiger charge is -2.07. The zero-order valence-corrected chi connectivity index (χ0v) is 17.4. The number of carbonyl (C=O) groups excluding carboxylic acids is 1. The molecule has 0 radical (unpaired) electrons. The summed E-state index contributed by atoms with van der Waals surface area (Å²) in [5.41, 5.74) is 7.67. The number of ether oxygens (including phenoxy) is 1. The normalized spacial score (nSPS) is 10.1. The first-order valence-corrected chi connectivity index (χ1v) is 9.98. The lowest BCUT2D eigenvalue weighted by molar-refractivity contribution is 0.140. The number of hydrogen-bond donors (Lipinski definition) is 4. The van der Waals surface area contributed by atoms with Crippen molar-refractivity contribution >= 4 is 6.09 Å². The number of nitrogens with one attached hydrogen (secondary N) is 1. The lowest BCUT2D eigenvalue weighted by Crippen LogP contribution is -2.26. The Morgan fingerprint density at radius 1 is 0.844 bits per heavy atom. The fourth-order valence-electron chi connectivity index (χ4n) is 2.66. The van der Waals surface area contributed by atoms with Crippen molar-refractivity contribution < 1.29 is 28.5 Å². The minimum absolute atomic E-state index is 0.209. The summed E-state index contributed by atoms with van der Waals surface area (Å²) >= 11 is 0. The predicted octanol–water partition coefficient (Wildman–Crippen LogP) is 4.03. The summed E-state index contributed by atoms with van der Waals surface area (Å²) in [7, 11) is 0. The first kappa shape index (κ1) is 24.6. The maximum absolute atomic E-state index is 13.1. The number of amides is 1. The second kappa shape index (κ2) is 12.9. The second-order valence-electron chi connectivity index (χ2n) is 6.85. The molecule has 8 heteroatoms. The van der Waals surface area contributed by atoms with Crippen molar-refractivity contribution in [3.8, 4) is 11.5 Å². The summed E-state index contributed by atoms with van der Waals surface area (Å²) in [5.74, 6) is -1.95. The smallest absolute Gasteiger partial charge is 0.407 e. The van der Waals surface area contributed by atoms with Crippen molar-refractivity contribution in [3.63, 3.8) is 0 Å². The Morgan fingerprint density at radius 3 is 1.94 bits per heavy atom. The highest BCUT2D eigenvalue weighted by Crippen LogP contribution is 2.17. The minimum atomic E-state index is -0.667. The summed E-state index contributed by atoms with van der Waals surface area (Å²) in [5, 5.41) is 20.5. The number of phenols is 2. The summed E-state index contributed by atoms with van der Waals surface area (Å²) < 4.78 is 30.8. The number of hydrogen-bond acceptors (Lipinski definition) is 5. The molecule has 1 amide bonds. The third kappa shape index (κ3) is 8.61. The fourth-order valence-corrected chi connectivity index (χ4v) is 2.66. The number of aromatic hydroxyl groups is 2. The molecule has 170 valence electrons. The van der Waals surface area contributed by atoms with Gasteiger partial charge in [-0.1, -0.05) is 42.5 Å². The van der Waals surface area contributed by atoms with Gasteiger partial charge in [-0.3, -0.25) is 0 Å². The van der Waals surface area contributed by atoms with E-state index in [1.54, 1.807) is 12.1 Å². The molecular weight excluding hydrogens is 418 g/mol. The number of nitrogens with two attached hydrogens (primary N) is 1. The van der Waals surface area contributed by atoms with Crippen LogP contribution in [0.2, 0.25) is 0 Å². The molecule has 6 nitrogen and oxygen atoms in total. The van der Waals surface area contributed by atoms with Gasteiger partial charge in [0.15, 0.2) is 23.1 Å². The molecule has 0 aliphatic rings. The molecule has 0 aromatic heterocycles. The van der Waals surface area contributed by atoms with Gasteiger partial charge in [0, 0.05) is 6.54 Å². The zero-order chi connectivity index (χ0) is 23.3. The van der Waals surface area contributed by atoms with Gasteiger partial charge < -0.3 is 26.0 Å². The Bertz CT molecular complexity index is 1000. The van der Waals surface area contributed by atoms with Crippen LogP contribution in [0.1, 0.15) is 16.7 Å². The van der Waals surface area contributed by atoms with Crippen molar-refractivity contribution in [1.29, 1.82) is 0 Å². The number of rotatable bonds is 7. The van der Waals surface area contributed by atoms with Gasteiger partial charge in [0.2, 0.25) is 0 Å². The van der Waals surface area contributed by atoms with Crippen LogP contribution in [0, 0.1) is 11.6 Å². The molecule has 0 heterocycles. The van der Waals surface area contributed by atoms with Crippen molar-refractivity contribution in [1.82, 2.24) is 5.32 Å². The molecule has 3 aromatic rings. The molecular formula is C24H26F2N2O4. The monoisotopic (exact) mass is 444 g/mol. The van der Waals surface area contributed by atoms with Gasteiger partial charge in [-0.2, -0.15) is 0 Å². The third-order valence-corrected chi connectivity index (χ3v) is 4.35. The van der Waals surface area contributed by atoms with Crippen molar-refractivity contribution in [3.05, 3.63) is 95.1 Å². The number of halogens is 2. The van der Waals surface area contributed by atoms with E-state index in [4.69, 9.17) is 20.7 Å². The highest BCUT2D eigenvalue weighted by molar-refractivity contribution is 5.67. The van der Waals surface area contributed by atoms with Crippen LogP contribution in [0.15, 0.2) is 66.7 Å². The number of phenolic OH excluding ortho intramolecular Hbond substituents is 2. The Morgan fingerprint density at radius 2 is 1.41 bits per heavy atom. The Labute approximate surface area is 185 Å². The van der Waals surface area contributed by atoms with E-state index >= 15 is 0 Å². The van der Waals surface area contributed by atoms with Gasteiger partial charge in [0.25, 0.3) is 0 Å². The van der Waals surface area contributed by atoms with Gasteiger partial charge in [-0.15, -0.1) is 0 Å². The SMILES string of the molecule is NCCc1ccc(O)c(F)c1.O=C(NCCc1ccc(O)c(F)c1)OCc1ccccc1. The van der Waals surface area contributed by atoms with E-state index in [-0.39, 0.29) is 18.1 Å². The summed E-state index contributed by atoms with van der Waals surface area (Å²) in [6.45, 7) is 1.03. The predicted molar refractivity (Wildman–Crippen MR) is 117 cm³/mol. The molecule has 3 aromatic carbocycles. The minimum Gasteiger partial charge on any atom is -0.505 e. The van der Waals surface area contributed by atoms with E-state index in [9.17, 15) is 13.6 Å². The van der Waals surface area contributed by atoms with Crippen LogP contribution in [0.25, 0.3) is 0 Å². The van der Waals surface area contributed by atoms with E-state index in [0.29, 0.717) is 31.5 Å². The molecule has 0 fully saturated rings. The van der Waals surface area contributed by atoms with Crippen molar-refractivity contribution in [2.75, 3.05) is 13.1 Å². The first-order valence-electron chi connectivity index (χ1n) is 9.98. The van der Waals surface area contributed by atoms with E-state index in [0.717, 1.165) is 11.1 Å². The molecule has 0 aliphatic heterocycles. The van der Waals surface area contributed by atoms with Crippen LogP contribution in [0.3, 0.4) is 0 Å². The average molecular weight is 444 g/mol. The average Bonchev–Trinajstić information content (AvgIpc) is 2.79. The zero-order valence-electron chi connectivity index (χ0n) is 17.4. The van der Waals surface area contributed by atoms with E-state index in [2.05, 4.69) is 5.32 Å².